The predicted octanol–water partition coefficient (Wildman–Crippen LogP) is 10.4. The Morgan fingerprint density at radius 3 is 1.74 bits per heavy atom. The van der Waals surface area contributed by atoms with E-state index in [0.717, 1.165) is 33.7 Å². The number of benzene rings is 7. The van der Waals surface area contributed by atoms with Gasteiger partial charge in [-0.2, -0.15) is 0 Å². The molecule has 0 aliphatic rings. The summed E-state index contributed by atoms with van der Waals surface area (Å²) in [5.74, 6) is 1.56. The molecule has 0 aliphatic heterocycles. The average Bonchev–Trinajstić information content (AvgIpc) is 3.42. The number of hydrogen-bond acceptors (Lipinski definition) is 2. The summed E-state index contributed by atoms with van der Waals surface area (Å²) >= 11 is 0. The van der Waals surface area contributed by atoms with Crippen molar-refractivity contribution in [3.63, 3.8) is 0 Å². The zero-order chi connectivity index (χ0) is 28.3. The van der Waals surface area contributed by atoms with Crippen LogP contribution in [0.4, 0.5) is 0 Å². The first kappa shape index (κ1) is 23.9. The van der Waals surface area contributed by atoms with Crippen molar-refractivity contribution in [2.45, 2.75) is 0 Å². The van der Waals surface area contributed by atoms with Crippen LogP contribution in [0.25, 0.3) is 82.6 Å². The minimum atomic E-state index is 0.705. The first-order valence-electron chi connectivity index (χ1n) is 14.6. The summed E-state index contributed by atoms with van der Waals surface area (Å²) < 4.78 is 2.28. The Bertz CT molecular complexity index is 2450. The van der Waals surface area contributed by atoms with Crippen molar-refractivity contribution in [3.05, 3.63) is 152 Å². The van der Waals surface area contributed by atoms with Gasteiger partial charge in [0.05, 0.1) is 16.7 Å². The van der Waals surface area contributed by atoms with E-state index in [0.29, 0.717) is 5.82 Å². The van der Waals surface area contributed by atoms with E-state index >= 15 is 0 Å². The van der Waals surface area contributed by atoms with E-state index in [4.69, 9.17) is 9.97 Å². The molecule has 0 N–H and O–H groups in total. The van der Waals surface area contributed by atoms with Gasteiger partial charge in [-0.3, -0.25) is 4.57 Å². The highest BCUT2D eigenvalue weighted by Gasteiger charge is 2.19. The van der Waals surface area contributed by atoms with Crippen molar-refractivity contribution < 1.29 is 0 Å². The van der Waals surface area contributed by atoms with Crippen molar-refractivity contribution >= 4 is 54.1 Å². The fourth-order valence-electron chi connectivity index (χ4n) is 6.66. The molecule has 0 radical (unpaired) electrons. The number of para-hydroxylation sites is 2. The van der Waals surface area contributed by atoms with Crippen molar-refractivity contribution in [3.8, 4) is 28.5 Å². The highest BCUT2D eigenvalue weighted by atomic mass is 15.1. The standard InChI is InChI=1S/C40H25N3/c1-2-13-27(14-3-1)40-41-35(25-38(42-40)43-36-20-10-8-18-31(36)32-19-9-11-21-37(32)43)39-30-17-7-5-15-28(30)24-34-29-16-6-4-12-26(29)22-23-33(34)39/h1-25H. The second-order valence-electron chi connectivity index (χ2n) is 11.0. The first-order chi connectivity index (χ1) is 21.3. The summed E-state index contributed by atoms with van der Waals surface area (Å²) in [7, 11) is 0. The topological polar surface area (TPSA) is 30.7 Å². The van der Waals surface area contributed by atoms with E-state index in [9.17, 15) is 0 Å². The Morgan fingerprint density at radius 1 is 0.395 bits per heavy atom. The van der Waals surface area contributed by atoms with Gasteiger partial charge in [-0.25, -0.2) is 9.97 Å². The van der Waals surface area contributed by atoms with Crippen molar-refractivity contribution in [1.29, 1.82) is 0 Å². The number of aromatic nitrogens is 3. The van der Waals surface area contributed by atoms with E-state index < -0.39 is 0 Å². The Morgan fingerprint density at radius 2 is 1.00 bits per heavy atom. The van der Waals surface area contributed by atoms with Gasteiger partial charge in [-0.05, 0) is 50.5 Å². The van der Waals surface area contributed by atoms with E-state index in [-0.39, 0.29) is 0 Å². The quantitative estimate of drug-likeness (QED) is 0.163. The molecule has 2 heterocycles. The summed E-state index contributed by atoms with van der Waals surface area (Å²) in [5.41, 5.74) is 5.27. The van der Waals surface area contributed by atoms with Crippen LogP contribution >= 0.6 is 0 Å². The zero-order valence-corrected chi connectivity index (χ0v) is 23.3. The molecule has 0 saturated carbocycles. The molecule has 3 heteroatoms. The summed E-state index contributed by atoms with van der Waals surface area (Å²) in [6, 6.07) is 53.7. The highest BCUT2D eigenvalue weighted by Crippen LogP contribution is 2.40. The summed E-state index contributed by atoms with van der Waals surface area (Å²) in [6.45, 7) is 0. The average molecular weight is 548 g/mol. The van der Waals surface area contributed by atoms with Crippen LogP contribution in [-0.4, -0.2) is 14.5 Å². The van der Waals surface area contributed by atoms with Crippen LogP contribution in [0, 0.1) is 0 Å². The Balaban J connectivity index is 1.44. The predicted molar refractivity (Wildman–Crippen MR) is 180 cm³/mol. The molecule has 200 valence electrons. The van der Waals surface area contributed by atoms with E-state index in [2.05, 4.69) is 138 Å². The largest absolute Gasteiger partial charge is 0.294 e. The smallest absolute Gasteiger partial charge is 0.162 e. The molecule has 0 fully saturated rings. The molecular weight excluding hydrogens is 522 g/mol. The zero-order valence-electron chi connectivity index (χ0n) is 23.3. The normalized spacial score (nSPS) is 11.7. The van der Waals surface area contributed by atoms with Gasteiger partial charge in [0.1, 0.15) is 5.82 Å². The molecule has 0 spiro atoms. The Kier molecular flexibility index (Phi) is 5.20. The van der Waals surface area contributed by atoms with Crippen molar-refractivity contribution in [2.24, 2.45) is 0 Å². The molecule has 0 aliphatic carbocycles. The Hall–Kier alpha value is -5.80. The van der Waals surface area contributed by atoms with Gasteiger partial charge >= 0.3 is 0 Å². The maximum absolute atomic E-state index is 5.30. The number of nitrogens with zero attached hydrogens (tertiary/aromatic N) is 3. The van der Waals surface area contributed by atoms with Gasteiger partial charge in [0.2, 0.25) is 0 Å². The maximum atomic E-state index is 5.30. The van der Waals surface area contributed by atoms with Crippen LogP contribution in [0.2, 0.25) is 0 Å². The molecular formula is C40H25N3. The van der Waals surface area contributed by atoms with Gasteiger partial charge in [-0.1, -0.05) is 127 Å². The van der Waals surface area contributed by atoms with Gasteiger partial charge in [0.15, 0.2) is 5.82 Å². The van der Waals surface area contributed by atoms with Crippen LogP contribution < -0.4 is 0 Å². The molecule has 43 heavy (non-hydrogen) atoms. The summed E-state index contributed by atoms with van der Waals surface area (Å²) in [5, 5.41) is 9.68. The van der Waals surface area contributed by atoms with E-state index in [1.165, 1.54) is 43.1 Å². The minimum absolute atomic E-state index is 0.705. The lowest BCUT2D eigenvalue weighted by Gasteiger charge is -2.16. The minimum Gasteiger partial charge on any atom is -0.294 e. The van der Waals surface area contributed by atoms with E-state index in [1.54, 1.807) is 0 Å². The lowest BCUT2D eigenvalue weighted by molar-refractivity contribution is 1.05. The van der Waals surface area contributed by atoms with Gasteiger partial charge in [0, 0.05) is 28.0 Å². The fourth-order valence-corrected chi connectivity index (χ4v) is 6.66. The lowest BCUT2D eigenvalue weighted by atomic mass is 9.91. The molecule has 0 atom stereocenters. The molecule has 9 aromatic rings. The summed E-state index contributed by atoms with van der Waals surface area (Å²) in [4.78, 5) is 10.5. The molecule has 0 amide bonds. The van der Waals surface area contributed by atoms with E-state index in [1.807, 2.05) is 18.2 Å². The van der Waals surface area contributed by atoms with Crippen LogP contribution in [0.5, 0.6) is 0 Å². The molecule has 3 nitrogen and oxygen atoms in total. The molecule has 0 saturated heterocycles. The van der Waals surface area contributed by atoms with Crippen molar-refractivity contribution in [1.82, 2.24) is 14.5 Å². The van der Waals surface area contributed by atoms with Crippen molar-refractivity contribution in [2.75, 3.05) is 0 Å². The fraction of sp³-hybridized carbons (Fsp3) is 0. The third-order valence-electron chi connectivity index (χ3n) is 8.58. The SMILES string of the molecule is c1ccc(-c2nc(-c3c4ccccc4cc4c3ccc3ccccc34)cc(-n3c4ccccc4c4ccccc43)n2)cc1. The molecule has 7 aromatic carbocycles. The molecule has 9 rings (SSSR count). The second-order valence-corrected chi connectivity index (χ2v) is 11.0. The molecule has 0 unspecified atom stereocenters. The molecule has 0 bridgehead atoms. The van der Waals surface area contributed by atoms with Crippen LogP contribution in [-0.2, 0) is 0 Å². The van der Waals surface area contributed by atoms with Gasteiger partial charge < -0.3 is 0 Å². The third kappa shape index (κ3) is 3.68. The number of rotatable bonds is 3. The Labute approximate surface area is 248 Å². The lowest BCUT2D eigenvalue weighted by Crippen LogP contribution is -2.03. The monoisotopic (exact) mass is 547 g/mol. The number of fused-ring (bicyclic) bond motifs is 7. The van der Waals surface area contributed by atoms with Gasteiger partial charge in [-0.15, -0.1) is 0 Å². The van der Waals surface area contributed by atoms with Crippen LogP contribution in [0.15, 0.2) is 152 Å². The number of hydrogen-bond donors (Lipinski definition) is 0. The first-order valence-corrected chi connectivity index (χ1v) is 14.6. The summed E-state index contributed by atoms with van der Waals surface area (Å²) in [6.07, 6.45) is 0. The third-order valence-corrected chi connectivity index (χ3v) is 8.58. The second kappa shape index (κ2) is 9.37. The van der Waals surface area contributed by atoms with Crippen LogP contribution in [0.3, 0.4) is 0 Å². The maximum Gasteiger partial charge on any atom is 0.162 e. The molecule has 2 aromatic heterocycles. The van der Waals surface area contributed by atoms with Crippen LogP contribution in [0.1, 0.15) is 0 Å². The van der Waals surface area contributed by atoms with Gasteiger partial charge in [0.25, 0.3) is 0 Å². The highest BCUT2D eigenvalue weighted by molar-refractivity contribution is 6.20.